The molecular weight excluding hydrogens is 300 g/mol. The lowest BCUT2D eigenvalue weighted by Crippen LogP contribution is -1.90. The summed E-state index contributed by atoms with van der Waals surface area (Å²) >= 11 is 0. The lowest BCUT2D eigenvalue weighted by Gasteiger charge is -2.04. The van der Waals surface area contributed by atoms with Gasteiger partial charge < -0.3 is 5.11 Å². The molecule has 4 nitrogen and oxygen atoms in total. The number of anilines is 1. The Balaban J connectivity index is 1.71. The summed E-state index contributed by atoms with van der Waals surface area (Å²) in [4.78, 5) is 10.7. The van der Waals surface area contributed by atoms with Gasteiger partial charge in [0.05, 0.1) is 17.5 Å². The van der Waals surface area contributed by atoms with Gasteiger partial charge in [-0.05, 0) is 41.0 Å². The summed E-state index contributed by atoms with van der Waals surface area (Å²) in [6, 6.07) is 22.5. The van der Waals surface area contributed by atoms with E-state index in [2.05, 4.69) is 10.5 Å². The van der Waals surface area contributed by atoms with Gasteiger partial charge in [-0.2, -0.15) is 5.10 Å². The second kappa shape index (κ2) is 7.24. The predicted molar refractivity (Wildman–Crippen MR) is 96.6 cm³/mol. The van der Waals surface area contributed by atoms with Gasteiger partial charge in [0.1, 0.15) is 5.75 Å². The topological polar surface area (TPSA) is 61.7 Å². The average Bonchev–Trinajstić information content (AvgIpc) is 2.63. The van der Waals surface area contributed by atoms with Crippen molar-refractivity contribution in [2.45, 2.75) is 0 Å². The first-order chi connectivity index (χ1) is 11.8. The molecule has 3 rings (SSSR count). The number of rotatable bonds is 5. The SMILES string of the molecule is O=Cc1ccc(-c2ccc(C=NNc3ccccc3)cc2)cc1O. The summed E-state index contributed by atoms with van der Waals surface area (Å²) in [6.45, 7) is 0. The van der Waals surface area contributed by atoms with Crippen LogP contribution in [0.15, 0.2) is 77.9 Å². The van der Waals surface area contributed by atoms with Crippen LogP contribution in [0.3, 0.4) is 0 Å². The number of phenolic OH excluding ortho intramolecular Hbond substituents is 1. The normalized spacial score (nSPS) is 10.7. The van der Waals surface area contributed by atoms with Gasteiger partial charge in [0.15, 0.2) is 6.29 Å². The van der Waals surface area contributed by atoms with E-state index in [1.165, 1.54) is 0 Å². The lowest BCUT2D eigenvalue weighted by molar-refractivity contribution is 0.112. The molecule has 0 aliphatic carbocycles. The Hall–Kier alpha value is -3.40. The Kier molecular flexibility index (Phi) is 4.68. The van der Waals surface area contributed by atoms with Crippen LogP contribution >= 0.6 is 0 Å². The molecule has 0 bridgehead atoms. The largest absolute Gasteiger partial charge is 0.507 e. The van der Waals surface area contributed by atoms with Gasteiger partial charge in [-0.1, -0.05) is 48.5 Å². The van der Waals surface area contributed by atoms with Crippen molar-refractivity contribution in [2.24, 2.45) is 5.10 Å². The molecule has 0 saturated heterocycles. The molecule has 4 heteroatoms. The fourth-order valence-corrected chi connectivity index (χ4v) is 2.28. The van der Waals surface area contributed by atoms with Crippen molar-refractivity contribution in [1.29, 1.82) is 0 Å². The third-order valence-corrected chi connectivity index (χ3v) is 3.58. The number of aromatic hydroxyl groups is 1. The minimum Gasteiger partial charge on any atom is -0.507 e. The van der Waals surface area contributed by atoms with E-state index >= 15 is 0 Å². The molecule has 0 fully saturated rings. The molecule has 0 aliphatic heterocycles. The van der Waals surface area contributed by atoms with Gasteiger partial charge in [0, 0.05) is 0 Å². The summed E-state index contributed by atoms with van der Waals surface area (Å²) in [5, 5.41) is 14.0. The number of nitrogens with zero attached hydrogens (tertiary/aromatic N) is 1. The Labute approximate surface area is 140 Å². The number of aldehydes is 1. The molecule has 0 aromatic heterocycles. The van der Waals surface area contributed by atoms with Crippen LogP contribution in [0.25, 0.3) is 11.1 Å². The van der Waals surface area contributed by atoms with Gasteiger partial charge in [0.25, 0.3) is 0 Å². The zero-order valence-electron chi connectivity index (χ0n) is 12.9. The Morgan fingerprint density at radius 1 is 0.875 bits per heavy atom. The third kappa shape index (κ3) is 3.67. The number of phenols is 1. The fourth-order valence-electron chi connectivity index (χ4n) is 2.28. The van der Waals surface area contributed by atoms with Gasteiger partial charge in [-0.15, -0.1) is 0 Å². The van der Waals surface area contributed by atoms with E-state index in [-0.39, 0.29) is 11.3 Å². The van der Waals surface area contributed by atoms with Crippen molar-refractivity contribution in [3.05, 3.63) is 83.9 Å². The zero-order chi connectivity index (χ0) is 16.8. The molecule has 0 aliphatic rings. The number of para-hydroxylation sites is 1. The highest BCUT2D eigenvalue weighted by Gasteiger charge is 2.03. The molecule has 0 heterocycles. The van der Waals surface area contributed by atoms with Crippen LogP contribution in [0.1, 0.15) is 15.9 Å². The monoisotopic (exact) mass is 316 g/mol. The quantitative estimate of drug-likeness (QED) is 0.419. The highest BCUT2D eigenvalue weighted by Crippen LogP contribution is 2.25. The minimum atomic E-state index is -0.0137. The molecule has 0 saturated carbocycles. The van der Waals surface area contributed by atoms with Crippen LogP contribution in [0.2, 0.25) is 0 Å². The minimum absolute atomic E-state index is 0.0137. The van der Waals surface area contributed by atoms with Crippen molar-refractivity contribution in [1.82, 2.24) is 0 Å². The third-order valence-electron chi connectivity index (χ3n) is 3.58. The molecule has 0 atom stereocenters. The van der Waals surface area contributed by atoms with Crippen molar-refractivity contribution < 1.29 is 9.90 Å². The number of carbonyl (C=O) groups excluding carboxylic acids is 1. The van der Waals surface area contributed by atoms with Crippen LogP contribution in [0.5, 0.6) is 5.75 Å². The standard InChI is InChI=1S/C20H16N2O2/c23-14-18-11-10-17(12-20(18)24)16-8-6-15(7-9-16)13-21-22-19-4-2-1-3-5-19/h1-14,22,24H. The first-order valence-electron chi connectivity index (χ1n) is 7.49. The average molecular weight is 316 g/mol. The number of hydrogen-bond acceptors (Lipinski definition) is 4. The van der Waals surface area contributed by atoms with E-state index in [0.29, 0.717) is 6.29 Å². The summed E-state index contributed by atoms with van der Waals surface area (Å²) < 4.78 is 0. The van der Waals surface area contributed by atoms with E-state index in [4.69, 9.17) is 0 Å². The molecule has 118 valence electrons. The van der Waals surface area contributed by atoms with E-state index in [1.807, 2.05) is 60.7 Å². The molecular formula is C20H16N2O2. The first-order valence-corrected chi connectivity index (χ1v) is 7.49. The van der Waals surface area contributed by atoms with Gasteiger partial charge >= 0.3 is 0 Å². The summed E-state index contributed by atoms with van der Waals surface area (Å²) in [5.74, 6) is -0.0137. The van der Waals surface area contributed by atoms with E-state index in [0.717, 1.165) is 22.4 Å². The number of nitrogens with one attached hydrogen (secondary N) is 1. The van der Waals surface area contributed by atoms with Crippen LogP contribution in [-0.2, 0) is 0 Å². The van der Waals surface area contributed by atoms with E-state index in [9.17, 15) is 9.90 Å². The predicted octanol–water partition coefficient (Wildman–Crippen LogP) is 4.32. The Morgan fingerprint density at radius 3 is 2.25 bits per heavy atom. The number of hydrazone groups is 1. The van der Waals surface area contributed by atoms with Crippen molar-refractivity contribution >= 4 is 18.2 Å². The number of benzene rings is 3. The number of carbonyl (C=O) groups is 1. The van der Waals surface area contributed by atoms with Crippen LogP contribution in [0.4, 0.5) is 5.69 Å². The molecule has 0 unspecified atom stereocenters. The van der Waals surface area contributed by atoms with Crippen LogP contribution < -0.4 is 5.43 Å². The maximum absolute atomic E-state index is 10.7. The maximum Gasteiger partial charge on any atom is 0.153 e. The summed E-state index contributed by atoms with van der Waals surface area (Å²) in [5.41, 5.74) is 6.94. The second-order valence-corrected chi connectivity index (χ2v) is 5.25. The van der Waals surface area contributed by atoms with Gasteiger partial charge in [-0.25, -0.2) is 0 Å². The van der Waals surface area contributed by atoms with Gasteiger partial charge in [-0.3, -0.25) is 10.2 Å². The van der Waals surface area contributed by atoms with Crippen molar-refractivity contribution in [2.75, 3.05) is 5.43 Å². The zero-order valence-corrected chi connectivity index (χ0v) is 12.9. The number of hydrogen-bond donors (Lipinski definition) is 2. The molecule has 3 aromatic carbocycles. The lowest BCUT2D eigenvalue weighted by atomic mass is 10.0. The van der Waals surface area contributed by atoms with Crippen molar-refractivity contribution in [3.8, 4) is 16.9 Å². The highest BCUT2D eigenvalue weighted by molar-refractivity contribution is 5.83. The summed E-state index contributed by atoms with van der Waals surface area (Å²) in [6.07, 6.45) is 2.38. The van der Waals surface area contributed by atoms with E-state index in [1.54, 1.807) is 18.3 Å². The van der Waals surface area contributed by atoms with Crippen LogP contribution in [0, 0.1) is 0 Å². The fraction of sp³-hybridized carbons (Fsp3) is 0. The van der Waals surface area contributed by atoms with Crippen molar-refractivity contribution in [3.63, 3.8) is 0 Å². The Bertz CT molecular complexity index is 857. The molecule has 3 aromatic rings. The first kappa shape index (κ1) is 15.5. The maximum atomic E-state index is 10.7. The van der Waals surface area contributed by atoms with E-state index < -0.39 is 0 Å². The Morgan fingerprint density at radius 2 is 1.58 bits per heavy atom. The molecule has 2 N–H and O–H groups in total. The highest BCUT2D eigenvalue weighted by atomic mass is 16.3. The smallest absolute Gasteiger partial charge is 0.153 e. The van der Waals surface area contributed by atoms with Gasteiger partial charge in [0.2, 0.25) is 0 Å². The summed E-state index contributed by atoms with van der Waals surface area (Å²) in [7, 11) is 0. The molecule has 0 radical (unpaired) electrons. The second-order valence-electron chi connectivity index (χ2n) is 5.25. The molecule has 0 amide bonds. The molecule has 0 spiro atoms. The van der Waals surface area contributed by atoms with Crippen LogP contribution in [-0.4, -0.2) is 17.6 Å². The molecule has 24 heavy (non-hydrogen) atoms.